The van der Waals surface area contributed by atoms with Crippen molar-refractivity contribution in [2.24, 2.45) is 5.41 Å². The van der Waals surface area contributed by atoms with E-state index in [1.165, 1.54) is 6.08 Å². The minimum Gasteiger partial charge on any atom is -0.493 e. The number of rotatable bonds is 7. The zero-order valence-electron chi connectivity index (χ0n) is 14.6. The summed E-state index contributed by atoms with van der Waals surface area (Å²) < 4.78 is 10.4. The fourth-order valence-corrected chi connectivity index (χ4v) is 1.95. The van der Waals surface area contributed by atoms with E-state index < -0.39 is 6.10 Å². The first-order valence-corrected chi connectivity index (χ1v) is 7.64. The van der Waals surface area contributed by atoms with E-state index in [2.05, 4.69) is 5.32 Å². The number of hydrogen-bond acceptors (Lipinski definition) is 4. The Kier molecular flexibility index (Phi) is 7.10. The number of carbonyl (C=O) groups excluding carboxylic acids is 1. The number of amides is 1. The van der Waals surface area contributed by atoms with Crippen LogP contribution < -0.4 is 14.8 Å². The van der Waals surface area contributed by atoms with Crippen LogP contribution in [-0.4, -0.2) is 37.9 Å². The molecule has 1 atom stereocenters. The number of hydrogen-bond donors (Lipinski definition) is 2. The fraction of sp³-hybridized carbons (Fsp3) is 0.500. The first-order valence-electron chi connectivity index (χ1n) is 7.64. The van der Waals surface area contributed by atoms with E-state index in [0.717, 1.165) is 5.56 Å². The maximum absolute atomic E-state index is 11.8. The molecule has 0 radical (unpaired) electrons. The molecule has 0 spiro atoms. The Morgan fingerprint density at radius 2 is 1.91 bits per heavy atom. The molecule has 0 heterocycles. The third-order valence-corrected chi connectivity index (χ3v) is 3.55. The second-order valence-corrected chi connectivity index (χ2v) is 6.41. The Morgan fingerprint density at radius 3 is 2.48 bits per heavy atom. The van der Waals surface area contributed by atoms with Crippen LogP contribution in [0.1, 0.15) is 32.8 Å². The third kappa shape index (κ3) is 6.32. The Bertz CT molecular complexity index is 546. The number of carbonyl (C=O) groups is 1. The molecule has 0 bridgehead atoms. The number of ether oxygens (including phenoxy) is 2. The summed E-state index contributed by atoms with van der Waals surface area (Å²) in [5.41, 5.74) is 0.660. The first kappa shape index (κ1) is 19.0. The predicted molar refractivity (Wildman–Crippen MR) is 91.7 cm³/mol. The summed E-state index contributed by atoms with van der Waals surface area (Å²) in [4.78, 5) is 11.8. The molecule has 0 aliphatic heterocycles. The van der Waals surface area contributed by atoms with Gasteiger partial charge in [-0.2, -0.15) is 0 Å². The molecule has 1 aromatic rings. The molecule has 1 aromatic carbocycles. The average Bonchev–Trinajstić information content (AvgIpc) is 2.51. The largest absolute Gasteiger partial charge is 0.493 e. The zero-order valence-corrected chi connectivity index (χ0v) is 14.6. The van der Waals surface area contributed by atoms with E-state index in [0.29, 0.717) is 24.5 Å². The van der Waals surface area contributed by atoms with Crippen molar-refractivity contribution in [1.82, 2.24) is 5.32 Å². The van der Waals surface area contributed by atoms with Crippen LogP contribution in [0.4, 0.5) is 0 Å². The summed E-state index contributed by atoms with van der Waals surface area (Å²) in [7, 11) is 3.14. The van der Waals surface area contributed by atoms with Gasteiger partial charge in [0.2, 0.25) is 5.91 Å². The maximum atomic E-state index is 11.8. The van der Waals surface area contributed by atoms with Crippen LogP contribution in [0.5, 0.6) is 11.5 Å². The maximum Gasteiger partial charge on any atom is 0.244 e. The summed E-state index contributed by atoms with van der Waals surface area (Å²) in [5, 5.41) is 12.7. The first-order chi connectivity index (χ1) is 10.8. The minimum atomic E-state index is -0.447. The van der Waals surface area contributed by atoms with Crippen molar-refractivity contribution in [2.45, 2.75) is 33.3 Å². The highest BCUT2D eigenvalue weighted by Gasteiger charge is 2.21. The molecule has 0 saturated carbocycles. The standard InChI is InChI=1S/C18H27NO4/c1-18(2,3)16(20)10-11-19-17(21)9-7-13-6-8-14(22-4)15(12-13)23-5/h6-9,12,16,20H,10-11H2,1-5H3,(H,19,21)/b9-7+. The fourth-order valence-electron chi connectivity index (χ4n) is 1.95. The van der Waals surface area contributed by atoms with Crippen molar-refractivity contribution in [1.29, 1.82) is 0 Å². The summed E-state index contributed by atoms with van der Waals surface area (Å²) in [6.07, 6.45) is 3.25. The summed E-state index contributed by atoms with van der Waals surface area (Å²) >= 11 is 0. The summed E-state index contributed by atoms with van der Waals surface area (Å²) in [6, 6.07) is 5.43. The van der Waals surface area contributed by atoms with Crippen molar-refractivity contribution in [2.75, 3.05) is 20.8 Å². The van der Waals surface area contributed by atoms with Gasteiger partial charge in [-0.3, -0.25) is 4.79 Å². The van der Waals surface area contributed by atoms with E-state index >= 15 is 0 Å². The van der Waals surface area contributed by atoms with Crippen molar-refractivity contribution in [3.05, 3.63) is 29.8 Å². The van der Waals surface area contributed by atoms with Gasteiger partial charge in [-0.15, -0.1) is 0 Å². The molecule has 1 unspecified atom stereocenters. The van der Waals surface area contributed by atoms with Gasteiger partial charge in [0.05, 0.1) is 20.3 Å². The molecule has 1 rings (SSSR count). The zero-order chi connectivity index (χ0) is 17.5. The monoisotopic (exact) mass is 321 g/mol. The van der Waals surface area contributed by atoms with Gasteiger partial charge in [-0.05, 0) is 35.6 Å². The normalized spacial score (nSPS) is 13.0. The van der Waals surface area contributed by atoms with Gasteiger partial charge < -0.3 is 19.9 Å². The second kappa shape index (κ2) is 8.58. The Balaban J connectivity index is 2.52. The lowest BCUT2D eigenvalue weighted by Crippen LogP contribution is -2.31. The van der Waals surface area contributed by atoms with Crippen LogP contribution in [0.2, 0.25) is 0 Å². The van der Waals surface area contributed by atoms with Crippen molar-refractivity contribution in [3.8, 4) is 11.5 Å². The molecule has 5 heteroatoms. The number of aliphatic hydroxyl groups excluding tert-OH is 1. The smallest absolute Gasteiger partial charge is 0.244 e. The van der Waals surface area contributed by atoms with Gasteiger partial charge in [0.25, 0.3) is 0 Å². The van der Waals surface area contributed by atoms with Crippen molar-refractivity contribution in [3.63, 3.8) is 0 Å². The molecule has 0 aliphatic carbocycles. The van der Waals surface area contributed by atoms with E-state index in [9.17, 15) is 9.90 Å². The number of methoxy groups -OCH3 is 2. The van der Waals surface area contributed by atoms with Gasteiger partial charge >= 0.3 is 0 Å². The molecule has 0 saturated heterocycles. The molecular weight excluding hydrogens is 294 g/mol. The molecule has 5 nitrogen and oxygen atoms in total. The number of benzene rings is 1. The van der Waals surface area contributed by atoms with Gasteiger partial charge in [0, 0.05) is 12.6 Å². The highest BCUT2D eigenvalue weighted by atomic mass is 16.5. The summed E-state index contributed by atoms with van der Waals surface area (Å²) in [5.74, 6) is 1.06. The highest BCUT2D eigenvalue weighted by molar-refractivity contribution is 5.91. The van der Waals surface area contributed by atoms with Gasteiger partial charge in [-0.25, -0.2) is 0 Å². The van der Waals surface area contributed by atoms with Crippen molar-refractivity contribution < 1.29 is 19.4 Å². The predicted octanol–water partition coefficient (Wildman–Crippen LogP) is 2.63. The lowest BCUT2D eigenvalue weighted by Gasteiger charge is -2.25. The van der Waals surface area contributed by atoms with E-state index in [-0.39, 0.29) is 11.3 Å². The van der Waals surface area contributed by atoms with Crippen molar-refractivity contribution >= 4 is 12.0 Å². The lowest BCUT2D eigenvalue weighted by atomic mass is 9.87. The van der Waals surface area contributed by atoms with Crippen LogP contribution in [0, 0.1) is 5.41 Å². The quantitative estimate of drug-likeness (QED) is 0.758. The second-order valence-electron chi connectivity index (χ2n) is 6.41. The molecule has 2 N–H and O–H groups in total. The van der Waals surface area contributed by atoms with E-state index in [1.54, 1.807) is 32.4 Å². The van der Waals surface area contributed by atoms with Crippen LogP contribution in [0.15, 0.2) is 24.3 Å². The van der Waals surface area contributed by atoms with Crippen LogP contribution >= 0.6 is 0 Å². The Hall–Kier alpha value is -2.01. The molecule has 23 heavy (non-hydrogen) atoms. The minimum absolute atomic E-state index is 0.180. The number of aliphatic hydroxyl groups is 1. The summed E-state index contributed by atoms with van der Waals surface area (Å²) in [6.45, 7) is 6.34. The molecule has 0 aliphatic rings. The van der Waals surface area contributed by atoms with E-state index in [4.69, 9.17) is 9.47 Å². The van der Waals surface area contributed by atoms with Gasteiger partial charge in [-0.1, -0.05) is 26.8 Å². The third-order valence-electron chi connectivity index (χ3n) is 3.55. The average molecular weight is 321 g/mol. The topological polar surface area (TPSA) is 67.8 Å². The molecule has 0 aromatic heterocycles. The van der Waals surface area contributed by atoms with Crippen LogP contribution in [0.25, 0.3) is 6.08 Å². The SMILES string of the molecule is COc1ccc(/C=C/C(=O)NCCC(O)C(C)(C)C)cc1OC. The van der Waals surface area contributed by atoms with Crippen LogP contribution in [-0.2, 0) is 4.79 Å². The van der Waals surface area contributed by atoms with Gasteiger partial charge in [0.15, 0.2) is 11.5 Å². The Morgan fingerprint density at radius 1 is 1.26 bits per heavy atom. The molecule has 128 valence electrons. The Labute approximate surface area is 138 Å². The molecule has 1 amide bonds. The van der Waals surface area contributed by atoms with Gasteiger partial charge in [0.1, 0.15) is 0 Å². The van der Waals surface area contributed by atoms with Crippen LogP contribution in [0.3, 0.4) is 0 Å². The molecular formula is C18H27NO4. The lowest BCUT2D eigenvalue weighted by molar-refractivity contribution is -0.116. The van der Waals surface area contributed by atoms with E-state index in [1.807, 2.05) is 26.8 Å². The molecule has 0 fully saturated rings. The number of nitrogens with one attached hydrogen (secondary N) is 1. The highest BCUT2D eigenvalue weighted by Crippen LogP contribution is 2.27.